The quantitative estimate of drug-likeness (QED) is 0.416. The zero-order chi connectivity index (χ0) is 28.1. The highest BCUT2D eigenvalue weighted by atomic mass is 35.5. The number of fused-ring (bicyclic) bond motifs is 1. The summed E-state index contributed by atoms with van der Waals surface area (Å²) in [6, 6.07) is 2.58. The van der Waals surface area contributed by atoms with Gasteiger partial charge in [-0.15, -0.1) is 0 Å². The first kappa shape index (κ1) is 27.8. The highest BCUT2D eigenvalue weighted by Gasteiger charge is 2.36. The topological polar surface area (TPSA) is 93.5 Å². The fourth-order valence-electron chi connectivity index (χ4n) is 4.98. The average Bonchev–Trinajstić information content (AvgIpc) is 2.79. The molecule has 1 unspecified atom stereocenters. The van der Waals surface area contributed by atoms with Gasteiger partial charge in [-0.05, 0) is 65.2 Å². The maximum absolute atomic E-state index is 14.8. The third-order valence-electron chi connectivity index (χ3n) is 6.50. The number of hydrogen-bond acceptors (Lipinski definition) is 7. The number of carbonyl (C=O) groups excluding carboxylic acids is 1. The van der Waals surface area contributed by atoms with Gasteiger partial charge >= 0.3 is 11.8 Å². The van der Waals surface area contributed by atoms with Gasteiger partial charge in [-0.25, -0.2) is 23.5 Å². The minimum atomic E-state index is -0.716. The number of carbonyl (C=O) groups is 1. The molecule has 4 heterocycles. The van der Waals surface area contributed by atoms with Crippen molar-refractivity contribution in [2.45, 2.75) is 79.0 Å². The number of halogens is 2. The van der Waals surface area contributed by atoms with Gasteiger partial charge in [-0.3, -0.25) is 4.98 Å². The molecule has 38 heavy (non-hydrogen) atoms. The summed E-state index contributed by atoms with van der Waals surface area (Å²) in [6.45, 7) is 15.8. The number of ether oxygens (including phenoxy) is 1. The van der Waals surface area contributed by atoms with Gasteiger partial charge in [0.1, 0.15) is 11.4 Å². The predicted molar refractivity (Wildman–Crippen MR) is 146 cm³/mol. The molecule has 0 saturated carbocycles. The molecular formula is C27H34ClFN6O3. The summed E-state index contributed by atoms with van der Waals surface area (Å²) in [5.41, 5.74) is 1.05. The van der Waals surface area contributed by atoms with Gasteiger partial charge in [0.2, 0.25) is 0 Å². The Balaban J connectivity index is 1.89. The van der Waals surface area contributed by atoms with E-state index in [1.807, 2.05) is 60.3 Å². The summed E-state index contributed by atoms with van der Waals surface area (Å²) in [5.74, 6) is -0.420. The second-order valence-corrected chi connectivity index (χ2v) is 11.6. The number of anilines is 1. The van der Waals surface area contributed by atoms with Gasteiger partial charge in [0, 0.05) is 31.4 Å². The number of aryl methyl sites for hydroxylation is 1. The van der Waals surface area contributed by atoms with E-state index in [1.165, 1.54) is 10.6 Å². The second-order valence-electron chi connectivity index (χ2n) is 11.2. The van der Waals surface area contributed by atoms with Gasteiger partial charge < -0.3 is 14.5 Å². The first-order valence-electron chi connectivity index (χ1n) is 12.7. The summed E-state index contributed by atoms with van der Waals surface area (Å²) >= 11 is 6.13. The number of aromatic nitrogens is 4. The van der Waals surface area contributed by atoms with Gasteiger partial charge in [0.15, 0.2) is 16.6 Å². The molecule has 11 heteroatoms. The molecule has 3 aromatic rings. The van der Waals surface area contributed by atoms with Crippen LogP contribution < -0.4 is 10.6 Å². The second kappa shape index (κ2) is 10.1. The number of pyridine rings is 2. The standard InChI is InChI=1S/C27H34ClFN6O3/c1-14(2)20-21(15(3)9-10-30-20)35-23-18(11-19(29)22(28)31-23)24(32-25(35)36)34-16(4)12-33(13-17(34)5)26(37)38-27(6,7)8/h9-11,14,16-17H,12-13H2,1-8H3/t16-,17?/m0/s1. The van der Waals surface area contributed by atoms with E-state index in [0.29, 0.717) is 35.7 Å². The molecule has 1 aliphatic rings. The van der Waals surface area contributed by atoms with E-state index in [4.69, 9.17) is 16.3 Å². The molecule has 1 aliphatic heterocycles. The third kappa shape index (κ3) is 5.18. The Morgan fingerprint density at radius 2 is 1.82 bits per heavy atom. The Hall–Kier alpha value is -3.27. The first-order chi connectivity index (χ1) is 17.7. The van der Waals surface area contributed by atoms with Crippen molar-refractivity contribution in [2.75, 3.05) is 18.0 Å². The molecule has 0 radical (unpaired) electrons. The van der Waals surface area contributed by atoms with Crippen molar-refractivity contribution in [3.05, 3.63) is 51.0 Å². The molecule has 9 nitrogen and oxygen atoms in total. The maximum Gasteiger partial charge on any atom is 0.410 e. The lowest BCUT2D eigenvalue weighted by molar-refractivity contribution is 0.0192. The molecule has 0 aromatic carbocycles. The molecule has 0 N–H and O–H groups in total. The number of hydrogen-bond donors (Lipinski definition) is 0. The number of nitrogens with zero attached hydrogens (tertiary/aromatic N) is 6. The van der Waals surface area contributed by atoms with Crippen LogP contribution in [-0.2, 0) is 4.74 Å². The van der Waals surface area contributed by atoms with E-state index < -0.39 is 23.2 Å². The smallest absolute Gasteiger partial charge is 0.410 e. The molecule has 4 rings (SSSR count). The van der Waals surface area contributed by atoms with Crippen LogP contribution in [0, 0.1) is 12.7 Å². The Bertz CT molecular complexity index is 1440. The summed E-state index contributed by atoms with van der Waals surface area (Å²) < 4.78 is 21.8. The Morgan fingerprint density at radius 1 is 1.18 bits per heavy atom. The SMILES string of the molecule is Cc1ccnc(C(C)C)c1-n1c(=O)nc(N2C(C)CN(C(=O)OC(C)(C)C)C[C@@H]2C)c2cc(F)c(Cl)nc21. The Labute approximate surface area is 226 Å². The number of piperazine rings is 1. The van der Waals surface area contributed by atoms with Crippen LogP contribution >= 0.6 is 11.6 Å². The normalized spacial score (nSPS) is 18.4. The Morgan fingerprint density at radius 3 is 2.39 bits per heavy atom. The fourth-order valence-corrected chi connectivity index (χ4v) is 5.12. The van der Waals surface area contributed by atoms with Crippen LogP contribution in [0.15, 0.2) is 23.1 Å². The molecule has 204 valence electrons. The van der Waals surface area contributed by atoms with Crippen molar-refractivity contribution in [2.24, 2.45) is 0 Å². The summed E-state index contributed by atoms with van der Waals surface area (Å²) in [4.78, 5) is 43.3. The maximum atomic E-state index is 14.8. The highest BCUT2D eigenvalue weighted by molar-refractivity contribution is 6.30. The van der Waals surface area contributed by atoms with Gasteiger partial charge in [-0.1, -0.05) is 25.4 Å². The van der Waals surface area contributed by atoms with Crippen molar-refractivity contribution in [3.8, 4) is 5.69 Å². The molecule has 0 aliphatic carbocycles. The van der Waals surface area contributed by atoms with E-state index in [2.05, 4.69) is 15.0 Å². The van der Waals surface area contributed by atoms with Crippen LogP contribution in [0.5, 0.6) is 0 Å². The molecule has 3 aromatic heterocycles. The van der Waals surface area contributed by atoms with Crippen LogP contribution in [0.1, 0.15) is 65.6 Å². The van der Waals surface area contributed by atoms with E-state index in [1.54, 1.807) is 17.2 Å². The van der Waals surface area contributed by atoms with Crippen molar-refractivity contribution >= 4 is 34.5 Å². The zero-order valence-electron chi connectivity index (χ0n) is 23.0. The number of amides is 1. The molecule has 2 atom stereocenters. The minimum absolute atomic E-state index is 0.00317. The van der Waals surface area contributed by atoms with Crippen LogP contribution in [0.3, 0.4) is 0 Å². The van der Waals surface area contributed by atoms with Crippen LogP contribution in [0.4, 0.5) is 15.0 Å². The van der Waals surface area contributed by atoms with Gasteiger partial charge in [-0.2, -0.15) is 4.98 Å². The van der Waals surface area contributed by atoms with E-state index >= 15 is 0 Å². The van der Waals surface area contributed by atoms with Crippen molar-refractivity contribution in [1.82, 2.24) is 24.4 Å². The lowest BCUT2D eigenvalue weighted by Crippen LogP contribution is -2.59. The highest BCUT2D eigenvalue weighted by Crippen LogP contribution is 2.33. The van der Waals surface area contributed by atoms with Crippen molar-refractivity contribution in [1.29, 1.82) is 0 Å². The van der Waals surface area contributed by atoms with Crippen molar-refractivity contribution in [3.63, 3.8) is 0 Å². The van der Waals surface area contributed by atoms with Crippen LogP contribution in [-0.4, -0.2) is 61.3 Å². The van der Waals surface area contributed by atoms with Gasteiger partial charge in [0.05, 0.1) is 16.8 Å². The fraction of sp³-hybridized carbons (Fsp3) is 0.519. The predicted octanol–water partition coefficient (Wildman–Crippen LogP) is 5.23. The molecule has 1 amide bonds. The average molecular weight is 545 g/mol. The van der Waals surface area contributed by atoms with Gasteiger partial charge in [0.25, 0.3) is 0 Å². The number of rotatable bonds is 3. The lowest BCUT2D eigenvalue weighted by atomic mass is 10.0. The minimum Gasteiger partial charge on any atom is -0.444 e. The molecule has 0 bridgehead atoms. The molecular weight excluding hydrogens is 511 g/mol. The monoisotopic (exact) mass is 544 g/mol. The molecule has 1 fully saturated rings. The van der Waals surface area contributed by atoms with Crippen molar-refractivity contribution < 1.29 is 13.9 Å². The van der Waals surface area contributed by atoms with E-state index in [0.717, 1.165) is 5.56 Å². The largest absolute Gasteiger partial charge is 0.444 e. The summed E-state index contributed by atoms with van der Waals surface area (Å²) in [5, 5.41) is 0.000148. The lowest BCUT2D eigenvalue weighted by Gasteiger charge is -2.45. The molecule has 0 spiro atoms. The summed E-state index contributed by atoms with van der Waals surface area (Å²) in [6.07, 6.45) is 1.29. The zero-order valence-corrected chi connectivity index (χ0v) is 23.8. The summed E-state index contributed by atoms with van der Waals surface area (Å²) in [7, 11) is 0. The Kier molecular flexibility index (Phi) is 7.40. The van der Waals surface area contributed by atoms with Crippen LogP contribution in [0.2, 0.25) is 5.15 Å². The first-order valence-corrected chi connectivity index (χ1v) is 13.1. The molecule has 1 saturated heterocycles. The van der Waals surface area contributed by atoms with Crippen LogP contribution in [0.25, 0.3) is 16.7 Å². The van der Waals surface area contributed by atoms with E-state index in [-0.39, 0.29) is 28.8 Å². The third-order valence-corrected chi connectivity index (χ3v) is 6.76. The van der Waals surface area contributed by atoms with E-state index in [9.17, 15) is 14.0 Å².